The van der Waals surface area contributed by atoms with Gasteiger partial charge in [0.15, 0.2) is 5.13 Å². The third-order valence-corrected chi connectivity index (χ3v) is 4.79. The van der Waals surface area contributed by atoms with Crippen LogP contribution in [0.3, 0.4) is 0 Å². The minimum absolute atomic E-state index is 0.128. The molecule has 0 fully saturated rings. The van der Waals surface area contributed by atoms with Gasteiger partial charge >= 0.3 is 0 Å². The average molecular weight is 326 g/mol. The van der Waals surface area contributed by atoms with Gasteiger partial charge in [0.1, 0.15) is 0 Å². The van der Waals surface area contributed by atoms with E-state index in [-0.39, 0.29) is 5.91 Å². The number of anilines is 1. The number of rotatable bonds is 5. The lowest BCUT2D eigenvalue weighted by Crippen LogP contribution is -2.11. The minimum atomic E-state index is -0.128. The zero-order chi connectivity index (χ0) is 15.2. The van der Waals surface area contributed by atoms with Gasteiger partial charge in [-0.2, -0.15) is 0 Å². The lowest BCUT2D eigenvalue weighted by Gasteiger charge is -2.04. The highest BCUT2D eigenvalue weighted by Crippen LogP contribution is 2.22. The molecule has 22 heavy (non-hydrogen) atoms. The van der Waals surface area contributed by atoms with Crippen LogP contribution in [0.15, 0.2) is 71.1 Å². The topological polar surface area (TPSA) is 42.0 Å². The summed E-state index contributed by atoms with van der Waals surface area (Å²) < 4.78 is 0. The Balaban J connectivity index is 1.59. The molecule has 0 aliphatic carbocycles. The van der Waals surface area contributed by atoms with Gasteiger partial charge in [-0.05, 0) is 29.8 Å². The first-order chi connectivity index (χ1) is 10.8. The fourth-order valence-corrected chi connectivity index (χ4v) is 3.29. The van der Waals surface area contributed by atoms with E-state index in [1.165, 1.54) is 21.8 Å². The Kier molecular flexibility index (Phi) is 4.88. The van der Waals surface area contributed by atoms with Gasteiger partial charge in [0.2, 0.25) is 0 Å². The summed E-state index contributed by atoms with van der Waals surface area (Å²) in [6.45, 7) is 0. The van der Waals surface area contributed by atoms with Crippen molar-refractivity contribution in [3.05, 3.63) is 77.3 Å². The molecule has 5 heteroatoms. The molecule has 0 bridgehead atoms. The molecule has 0 saturated carbocycles. The molecule has 1 amide bonds. The van der Waals surface area contributed by atoms with Gasteiger partial charge in [-0.25, -0.2) is 4.98 Å². The summed E-state index contributed by atoms with van der Waals surface area (Å²) >= 11 is 3.19. The Labute approximate surface area is 137 Å². The van der Waals surface area contributed by atoms with E-state index in [2.05, 4.69) is 22.4 Å². The van der Waals surface area contributed by atoms with E-state index in [1.54, 1.807) is 18.0 Å². The largest absolute Gasteiger partial charge is 0.298 e. The molecule has 1 aromatic heterocycles. The number of amides is 1. The van der Waals surface area contributed by atoms with E-state index in [0.717, 1.165) is 5.75 Å². The molecule has 0 aliphatic rings. The molecule has 3 aromatic rings. The van der Waals surface area contributed by atoms with E-state index in [0.29, 0.717) is 10.7 Å². The van der Waals surface area contributed by atoms with Crippen molar-refractivity contribution in [1.82, 2.24) is 4.98 Å². The number of thiazole rings is 1. The van der Waals surface area contributed by atoms with Crippen molar-refractivity contribution in [2.75, 3.05) is 5.32 Å². The van der Waals surface area contributed by atoms with Crippen molar-refractivity contribution >= 4 is 34.1 Å². The van der Waals surface area contributed by atoms with E-state index in [9.17, 15) is 4.79 Å². The molecule has 0 spiro atoms. The zero-order valence-electron chi connectivity index (χ0n) is 11.7. The van der Waals surface area contributed by atoms with E-state index >= 15 is 0 Å². The number of nitrogens with one attached hydrogen (secondary N) is 1. The number of hydrogen-bond acceptors (Lipinski definition) is 4. The number of thioether (sulfide) groups is 1. The maximum Gasteiger partial charge on any atom is 0.257 e. The van der Waals surface area contributed by atoms with Crippen molar-refractivity contribution in [3.8, 4) is 0 Å². The van der Waals surface area contributed by atoms with Crippen LogP contribution in [0.1, 0.15) is 15.9 Å². The summed E-state index contributed by atoms with van der Waals surface area (Å²) in [5.41, 5.74) is 1.84. The van der Waals surface area contributed by atoms with Gasteiger partial charge in [0.05, 0.1) is 0 Å². The number of carbonyl (C=O) groups excluding carboxylic acids is 1. The van der Waals surface area contributed by atoms with Gasteiger partial charge in [0, 0.05) is 27.8 Å². The lowest BCUT2D eigenvalue weighted by atomic mass is 10.1. The number of benzene rings is 2. The second-order valence-electron chi connectivity index (χ2n) is 4.59. The van der Waals surface area contributed by atoms with Gasteiger partial charge in [-0.15, -0.1) is 23.1 Å². The number of carbonyl (C=O) groups is 1. The number of hydrogen-bond donors (Lipinski definition) is 1. The van der Waals surface area contributed by atoms with Crippen molar-refractivity contribution in [3.63, 3.8) is 0 Å². The Bertz CT molecular complexity index is 725. The molecule has 110 valence electrons. The molecule has 0 saturated heterocycles. The van der Waals surface area contributed by atoms with Crippen LogP contribution >= 0.6 is 23.1 Å². The predicted octanol–water partition coefficient (Wildman–Crippen LogP) is 4.69. The molecular formula is C17H14N2OS2. The highest BCUT2D eigenvalue weighted by molar-refractivity contribution is 7.98. The van der Waals surface area contributed by atoms with Gasteiger partial charge in [-0.3, -0.25) is 10.1 Å². The third kappa shape index (κ3) is 3.96. The summed E-state index contributed by atoms with van der Waals surface area (Å²) in [5, 5.41) is 5.23. The third-order valence-electron chi connectivity index (χ3n) is 3.02. The Morgan fingerprint density at radius 3 is 2.55 bits per heavy atom. The highest BCUT2D eigenvalue weighted by atomic mass is 32.2. The first-order valence-corrected chi connectivity index (χ1v) is 8.65. The molecule has 0 aliphatic heterocycles. The maximum atomic E-state index is 12.1. The fourth-order valence-electron chi connectivity index (χ4n) is 1.89. The SMILES string of the molecule is O=C(Nc1nccs1)c1ccc(CSc2ccccc2)cc1. The van der Waals surface area contributed by atoms with Crippen LogP contribution in [-0.2, 0) is 5.75 Å². The second-order valence-corrected chi connectivity index (χ2v) is 6.53. The molecular weight excluding hydrogens is 312 g/mol. The normalized spacial score (nSPS) is 10.4. The van der Waals surface area contributed by atoms with E-state index in [4.69, 9.17) is 0 Å². The summed E-state index contributed by atoms with van der Waals surface area (Å²) in [4.78, 5) is 17.3. The molecule has 0 unspecified atom stereocenters. The first-order valence-electron chi connectivity index (χ1n) is 6.79. The Hall–Kier alpha value is -2.11. The quantitative estimate of drug-likeness (QED) is 0.692. The summed E-state index contributed by atoms with van der Waals surface area (Å²) in [5.74, 6) is 0.760. The number of aromatic nitrogens is 1. The van der Waals surface area contributed by atoms with Crippen LogP contribution < -0.4 is 5.32 Å². The summed E-state index contributed by atoms with van der Waals surface area (Å²) in [6, 6.07) is 18.0. The summed E-state index contributed by atoms with van der Waals surface area (Å²) in [6.07, 6.45) is 1.67. The maximum absolute atomic E-state index is 12.1. The average Bonchev–Trinajstić information content (AvgIpc) is 3.07. The molecule has 0 radical (unpaired) electrons. The van der Waals surface area contributed by atoms with E-state index < -0.39 is 0 Å². The van der Waals surface area contributed by atoms with Crippen molar-refractivity contribution in [1.29, 1.82) is 0 Å². The minimum Gasteiger partial charge on any atom is -0.298 e. The standard InChI is InChI=1S/C17H14N2OS2/c20-16(19-17-18-10-11-21-17)14-8-6-13(7-9-14)12-22-15-4-2-1-3-5-15/h1-11H,12H2,(H,18,19,20). The molecule has 1 N–H and O–H groups in total. The van der Waals surface area contributed by atoms with Crippen LogP contribution in [-0.4, -0.2) is 10.9 Å². The molecule has 2 aromatic carbocycles. The van der Waals surface area contributed by atoms with Gasteiger partial charge in [-0.1, -0.05) is 30.3 Å². The molecule has 3 nitrogen and oxygen atoms in total. The van der Waals surface area contributed by atoms with Crippen molar-refractivity contribution in [2.45, 2.75) is 10.6 Å². The monoisotopic (exact) mass is 326 g/mol. The van der Waals surface area contributed by atoms with Crippen LogP contribution in [0.4, 0.5) is 5.13 Å². The van der Waals surface area contributed by atoms with Gasteiger partial charge < -0.3 is 0 Å². The highest BCUT2D eigenvalue weighted by Gasteiger charge is 2.07. The fraction of sp³-hybridized carbons (Fsp3) is 0.0588. The first kappa shape index (κ1) is 14.8. The Morgan fingerprint density at radius 1 is 1.09 bits per heavy atom. The molecule has 3 rings (SSSR count). The molecule has 1 heterocycles. The van der Waals surface area contributed by atoms with E-state index in [1.807, 2.05) is 47.8 Å². The second kappa shape index (κ2) is 7.24. The van der Waals surface area contributed by atoms with Gasteiger partial charge in [0.25, 0.3) is 5.91 Å². The number of nitrogens with zero attached hydrogens (tertiary/aromatic N) is 1. The van der Waals surface area contributed by atoms with Crippen LogP contribution in [0.5, 0.6) is 0 Å². The van der Waals surface area contributed by atoms with Crippen LogP contribution in [0.25, 0.3) is 0 Å². The van der Waals surface area contributed by atoms with Crippen molar-refractivity contribution < 1.29 is 4.79 Å². The molecule has 0 atom stereocenters. The summed E-state index contributed by atoms with van der Waals surface area (Å²) in [7, 11) is 0. The van der Waals surface area contributed by atoms with Crippen LogP contribution in [0, 0.1) is 0 Å². The zero-order valence-corrected chi connectivity index (χ0v) is 13.4. The smallest absolute Gasteiger partial charge is 0.257 e. The lowest BCUT2D eigenvalue weighted by molar-refractivity contribution is 0.102. The Morgan fingerprint density at radius 2 is 1.86 bits per heavy atom. The van der Waals surface area contributed by atoms with Crippen molar-refractivity contribution in [2.24, 2.45) is 0 Å². The predicted molar refractivity (Wildman–Crippen MR) is 92.5 cm³/mol. The van der Waals surface area contributed by atoms with Crippen LogP contribution in [0.2, 0.25) is 0 Å².